The summed E-state index contributed by atoms with van der Waals surface area (Å²) in [5.41, 5.74) is 1.52. The molecule has 0 saturated heterocycles. The summed E-state index contributed by atoms with van der Waals surface area (Å²) in [6.07, 6.45) is 0. The lowest BCUT2D eigenvalue weighted by Gasteiger charge is -2.51. The van der Waals surface area contributed by atoms with Gasteiger partial charge in [0.2, 0.25) is 0 Å². The zero-order valence-corrected chi connectivity index (χ0v) is 20.2. The number of hydrogen-bond donors (Lipinski definition) is 0. The molecule has 1 atom stereocenters. The van der Waals surface area contributed by atoms with Crippen molar-refractivity contribution < 1.29 is 0 Å². The van der Waals surface area contributed by atoms with E-state index in [-0.39, 0.29) is 11.0 Å². The molecule has 1 nitrogen and oxygen atoms in total. The molecular formula is C28H36NP. The molecular weight excluding hydrogens is 381 g/mol. The Morgan fingerprint density at radius 2 is 1.03 bits per heavy atom. The van der Waals surface area contributed by atoms with Gasteiger partial charge < -0.3 is 0 Å². The van der Waals surface area contributed by atoms with Crippen LogP contribution in [0.4, 0.5) is 0 Å². The summed E-state index contributed by atoms with van der Waals surface area (Å²) in [7, 11) is -0.576. The molecule has 0 aliphatic heterocycles. The van der Waals surface area contributed by atoms with Crippen LogP contribution in [-0.4, -0.2) is 16.2 Å². The average molecular weight is 418 g/mol. The molecule has 0 saturated carbocycles. The van der Waals surface area contributed by atoms with Gasteiger partial charge in [-0.15, -0.1) is 0 Å². The highest BCUT2D eigenvalue weighted by atomic mass is 31.1. The van der Waals surface area contributed by atoms with Gasteiger partial charge in [0.05, 0.1) is 0 Å². The maximum Gasteiger partial charge on any atom is 0.0435 e. The normalized spacial score (nSPS) is 13.6. The van der Waals surface area contributed by atoms with Crippen molar-refractivity contribution >= 4 is 18.5 Å². The zero-order valence-electron chi connectivity index (χ0n) is 19.3. The lowest BCUT2D eigenvalue weighted by molar-refractivity contribution is 0.0608. The third-order valence-electron chi connectivity index (χ3n) is 5.44. The number of hydrogen-bond acceptors (Lipinski definition) is 1. The van der Waals surface area contributed by atoms with E-state index < -0.39 is 7.92 Å². The first-order valence-corrected chi connectivity index (χ1v) is 12.3. The SMILES string of the molecule is CC(C)(C)C(N(Cc1ccccc1)C(C)(C)C)P(c1ccccc1)c1ccccc1. The first kappa shape index (κ1) is 22.7. The molecule has 0 aliphatic rings. The second kappa shape index (κ2) is 9.46. The summed E-state index contributed by atoms with van der Waals surface area (Å²) in [5.74, 6) is 0.387. The molecule has 0 spiro atoms. The molecule has 0 amide bonds. The maximum absolute atomic E-state index is 2.74. The molecule has 3 aromatic rings. The third-order valence-corrected chi connectivity index (χ3v) is 8.69. The van der Waals surface area contributed by atoms with Gasteiger partial charge in [0.15, 0.2) is 0 Å². The fraction of sp³-hybridized carbons (Fsp3) is 0.357. The molecule has 0 radical (unpaired) electrons. The van der Waals surface area contributed by atoms with Crippen LogP contribution in [0.15, 0.2) is 91.0 Å². The van der Waals surface area contributed by atoms with Crippen LogP contribution in [0.3, 0.4) is 0 Å². The predicted octanol–water partition coefficient (Wildman–Crippen LogP) is 6.79. The fourth-order valence-electron chi connectivity index (χ4n) is 4.07. The molecule has 30 heavy (non-hydrogen) atoms. The second-order valence-electron chi connectivity index (χ2n) is 10.1. The van der Waals surface area contributed by atoms with E-state index in [1.165, 1.54) is 16.2 Å². The maximum atomic E-state index is 2.74. The van der Waals surface area contributed by atoms with Crippen molar-refractivity contribution in [3.63, 3.8) is 0 Å². The largest absolute Gasteiger partial charge is 0.286 e. The Morgan fingerprint density at radius 1 is 0.633 bits per heavy atom. The van der Waals surface area contributed by atoms with Gasteiger partial charge in [-0.05, 0) is 50.3 Å². The van der Waals surface area contributed by atoms with Crippen LogP contribution >= 0.6 is 7.92 Å². The monoisotopic (exact) mass is 417 g/mol. The molecule has 3 aromatic carbocycles. The predicted molar refractivity (Wildman–Crippen MR) is 134 cm³/mol. The van der Waals surface area contributed by atoms with Crippen LogP contribution in [0, 0.1) is 5.41 Å². The van der Waals surface area contributed by atoms with Crippen molar-refractivity contribution in [3.05, 3.63) is 96.6 Å². The zero-order chi connectivity index (χ0) is 21.8. The van der Waals surface area contributed by atoms with Gasteiger partial charge >= 0.3 is 0 Å². The van der Waals surface area contributed by atoms with E-state index in [0.717, 1.165) is 6.54 Å². The minimum absolute atomic E-state index is 0.0396. The van der Waals surface area contributed by atoms with E-state index in [9.17, 15) is 0 Å². The van der Waals surface area contributed by atoms with Gasteiger partial charge in [-0.2, -0.15) is 0 Å². The molecule has 158 valence electrons. The second-order valence-corrected chi connectivity index (χ2v) is 12.3. The molecule has 0 aliphatic carbocycles. The van der Waals surface area contributed by atoms with Crippen molar-refractivity contribution in [2.75, 3.05) is 0 Å². The lowest BCUT2D eigenvalue weighted by Crippen LogP contribution is -2.53. The molecule has 3 rings (SSSR count). The topological polar surface area (TPSA) is 3.24 Å². The Bertz CT molecular complexity index is 853. The van der Waals surface area contributed by atoms with Crippen molar-refractivity contribution in [1.82, 2.24) is 4.90 Å². The minimum Gasteiger partial charge on any atom is -0.286 e. The van der Waals surface area contributed by atoms with Gasteiger partial charge in [0.25, 0.3) is 0 Å². The summed E-state index contributed by atoms with van der Waals surface area (Å²) in [6.45, 7) is 15.2. The van der Waals surface area contributed by atoms with Crippen LogP contribution < -0.4 is 10.6 Å². The lowest BCUT2D eigenvalue weighted by atomic mass is 9.92. The minimum atomic E-state index is -0.576. The average Bonchev–Trinajstić information content (AvgIpc) is 2.71. The van der Waals surface area contributed by atoms with Crippen LogP contribution in [0.25, 0.3) is 0 Å². The summed E-state index contributed by atoms with van der Waals surface area (Å²) in [6, 6.07) is 33.2. The van der Waals surface area contributed by atoms with E-state index in [0.29, 0.717) is 5.78 Å². The van der Waals surface area contributed by atoms with Gasteiger partial charge in [0.1, 0.15) is 0 Å². The smallest absolute Gasteiger partial charge is 0.0435 e. The first-order chi connectivity index (χ1) is 14.2. The van der Waals surface area contributed by atoms with Gasteiger partial charge in [-0.25, -0.2) is 0 Å². The van der Waals surface area contributed by atoms with Crippen LogP contribution in [-0.2, 0) is 6.54 Å². The van der Waals surface area contributed by atoms with Crippen molar-refractivity contribution in [3.8, 4) is 0 Å². The molecule has 2 heteroatoms. The molecule has 0 N–H and O–H groups in total. The van der Waals surface area contributed by atoms with Gasteiger partial charge in [-0.3, -0.25) is 4.90 Å². The van der Waals surface area contributed by atoms with E-state index in [1.807, 2.05) is 0 Å². The van der Waals surface area contributed by atoms with E-state index in [4.69, 9.17) is 0 Å². The molecule has 0 aromatic heterocycles. The van der Waals surface area contributed by atoms with Crippen LogP contribution in [0.5, 0.6) is 0 Å². The quantitative estimate of drug-likeness (QED) is 0.399. The molecule has 0 fully saturated rings. The summed E-state index contributed by atoms with van der Waals surface area (Å²) < 4.78 is 0. The van der Waals surface area contributed by atoms with Gasteiger partial charge in [-0.1, -0.05) is 112 Å². The highest BCUT2D eigenvalue weighted by molar-refractivity contribution is 7.73. The Balaban J connectivity index is 2.17. The standard InChI is InChI=1S/C28H36NP/c1-27(2,3)26(29(28(4,5)6)22-23-16-10-7-11-17-23)30(24-18-12-8-13-19-24)25-20-14-9-15-21-25/h7-21,26H,22H2,1-6H3. The Kier molecular flexibility index (Phi) is 7.17. The van der Waals surface area contributed by atoms with Crippen LogP contribution in [0.1, 0.15) is 47.1 Å². The molecule has 0 bridgehead atoms. The highest BCUT2D eigenvalue weighted by Crippen LogP contribution is 2.51. The summed E-state index contributed by atoms with van der Waals surface area (Å²) in [4.78, 5) is 2.74. The van der Waals surface area contributed by atoms with Crippen LogP contribution in [0.2, 0.25) is 0 Å². The number of nitrogens with zero attached hydrogens (tertiary/aromatic N) is 1. The Labute approximate surface area is 184 Å². The van der Waals surface area contributed by atoms with E-state index >= 15 is 0 Å². The van der Waals surface area contributed by atoms with E-state index in [2.05, 4.69) is 137 Å². The Hall–Kier alpha value is -1.95. The summed E-state index contributed by atoms with van der Waals surface area (Å²) >= 11 is 0. The number of rotatable bonds is 6. The molecule has 0 heterocycles. The Morgan fingerprint density at radius 3 is 1.40 bits per heavy atom. The molecule has 1 unspecified atom stereocenters. The van der Waals surface area contributed by atoms with Crippen molar-refractivity contribution in [2.24, 2.45) is 5.41 Å². The van der Waals surface area contributed by atoms with Gasteiger partial charge in [0, 0.05) is 17.9 Å². The number of benzene rings is 3. The van der Waals surface area contributed by atoms with Crippen molar-refractivity contribution in [2.45, 2.75) is 59.4 Å². The first-order valence-electron chi connectivity index (χ1n) is 10.9. The summed E-state index contributed by atoms with van der Waals surface area (Å²) in [5, 5.41) is 2.89. The van der Waals surface area contributed by atoms with Crippen molar-refractivity contribution in [1.29, 1.82) is 0 Å². The highest BCUT2D eigenvalue weighted by Gasteiger charge is 2.42. The third kappa shape index (κ3) is 5.60. The fourth-order valence-corrected chi connectivity index (χ4v) is 7.40. The van der Waals surface area contributed by atoms with E-state index in [1.54, 1.807) is 0 Å².